The standard InChI is InChI=1S/C31H37ClFN3O6S/c1-6-21(3)34-31(38)27(7-2)35(19-22-8-12-24(33)13-9-22)30(37)20-36(25-14-10-23(32)11-15-25)43(39,40)26-16-17-28(41-4)29(18-26)42-5/h8-18,21,27H,6-7,19-20H2,1-5H3,(H,34,38)/t21-,27+/m0/s1. The zero-order valence-corrected chi connectivity index (χ0v) is 26.4. The van der Waals surface area contributed by atoms with Crippen molar-refractivity contribution in [1.82, 2.24) is 10.2 Å². The van der Waals surface area contributed by atoms with Gasteiger partial charge in [-0.05, 0) is 73.9 Å². The minimum absolute atomic E-state index is 0.0452. The van der Waals surface area contributed by atoms with Crippen LogP contribution >= 0.6 is 11.6 Å². The van der Waals surface area contributed by atoms with Crippen LogP contribution in [-0.4, -0.2) is 58.0 Å². The lowest BCUT2D eigenvalue weighted by atomic mass is 10.1. The molecule has 3 aromatic rings. The molecule has 2 amide bonds. The van der Waals surface area contributed by atoms with Gasteiger partial charge in [0, 0.05) is 23.7 Å². The second-order valence-electron chi connectivity index (χ2n) is 9.89. The molecule has 0 saturated carbocycles. The number of benzene rings is 3. The Hall–Kier alpha value is -3.83. The van der Waals surface area contributed by atoms with Crippen LogP contribution in [0.3, 0.4) is 0 Å². The van der Waals surface area contributed by atoms with Gasteiger partial charge in [-0.15, -0.1) is 0 Å². The van der Waals surface area contributed by atoms with Crippen molar-refractivity contribution in [3.63, 3.8) is 0 Å². The summed E-state index contributed by atoms with van der Waals surface area (Å²) >= 11 is 6.08. The third-order valence-electron chi connectivity index (χ3n) is 6.99. The molecule has 232 valence electrons. The second-order valence-corrected chi connectivity index (χ2v) is 12.2. The summed E-state index contributed by atoms with van der Waals surface area (Å²) in [6.07, 6.45) is 0.945. The van der Waals surface area contributed by atoms with E-state index in [4.69, 9.17) is 21.1 Å². The Bertz CT molecular complexity index is 1500. The number of hydrogen-bond donors (Lipinski definition) is 1. The highest BCUT2D eigenvalue weighted by Gasteiger charge is 2.34. The molecule has 43 heavy (non-hydrogen) atoms. The molecule has 9 nitrogen and oxygen atoms in total. The number of ether oxygens (including phenoxy) is 2. The summed E-state index contributed by atoms with van der Waals surface area (Å²) in [5, 5.41) is 3.30. The Balaban J connectivity index is 2.09. The van der Waals surface area contributed by atoms with Gasteiger partial charge in [-0.25, -0.2) is 12.8 Å². The van der Waals surface area contributed by atoms with E-state index >= 15 is 0 Å². The van der Waals surface area contributed by atoms with Crippen LogP contribution in [0.4, 0.5) is 10.1 Å². The van der Waals surface area contributed by atoms with E-state index in [1.807, 2.05) is 13.8 Å². The third kappa shape index (κ3) is 8.39. The Morgan fingerprint density at radius 2 is 1.56 bits per heavy atom. The maximum Gasteiger partial charge on any atom is 0.264 e. The highest BCUT2D eigenvalue weighted by Crippen LogP contribution is 2.33. The van der Waals surface area contributed by atoms with Gasteiger partial charge in [-0.1, -0.05) is 37.6 Å². The lowest BCUT2D eigenvalue weighted by molar-refractivity contribution is -0.140. The van der Waals surface area contributed by atoms with Crippen LogP contribution in [0.2, 0.25) is 5.02 Å². The number of nitrogens with zero attached hydrogens (tertiary/aromatic N) is 2. The zero-order valence-electron chi connectivity index (χ0n) is 24.8. The zero-order chi connectivity index (χ0) is 31.7. The number of hydrogen-bond acceptors (Lipinski definition) is 6. The molecule has 0 bridgehead atoms. The van der Waals surface area contributed by atoms with E-state index in [0.29, 0.717) is 22.8 Å². The first-order valence-electron chi connectivity index (χ1n) is 13.8. The minimum atomic E-state index is -4.35. The molecule has 3 rings (SSSR count). The maximum absolute atomic E-state index is 14.1. The maximum atomic E-state index is 14.1. The van der Waals surface area contributed by atoms with Gasteiger partial charge in [0.25, 0.3) is 10.0 Å². The predicted octanol–water partition coefficient (Wildman–Crippen LogP) is 5.41. The van der Waals surface area contributed by atoms with E-state index in [1.165, 1.54) is 85.8 Å². The Morgan fingerprint density at radius 1 is 0.930 bits per heavy atom. The van der Waals surface area contributed by atoms with E-state index < -0.39 is 34.3 Å². The van der Waals surface area contributed by atoms with E-state index in [2.05, 4.69) is 5.32 Å². The van der Waals surface area contributed by atoms with Crippen molar-refractivity contribution in [2.45, 2.75) is 57.1 Å². The Morgan fingerprint density at radius 3 is 2.12 bits per heavy atom. The van der Waals surface area contributed by atoms with Crippen molar-refractivity contribution >= 4 is 39.1 Å². The molecular formula is C31H37ClFN3O6S. The lowest BCUT2D eigenvalue weighted by Gasteiger charge is -2.33. The van der Waals surface area contributed by atoms with Crippen LogP contribution < -0.4 is 19.1 Å². The first-order chi connectivity index (χ1) is 20.4. The summed E-state index contributed by atoms with van der Waals surface area (Å²) in [7, 11) is -1.53. The van der Waals surface area contributed by atoms with Crippen LogP contribution in [-0.2, 0) is 26.2 Å². The molecule has 0 unspecified atom stereocenters. The minimum Gasteiger partial charge on any atom is -0.493 e. The van der Waals surface area contributed by atoms with Crippen molar-refractivity contribution in [3.8, 4) is 11.5 Å². The van der Waals surface area contributed by atoms with Gasteiger partial charge < -0.3 is 19.7 Å². The Labute approximate surface area is 257 Å². The molecule has 1 N–H and O–H groups in total. The van der Waals surface area contributed by atoms with Crippen molar-refractivity contribution in [2.75, 3.05) is 25.1 Å². The molecule has 0 heterocycles. The van der Waals surface area contributed by atoms with E-state index in [1.54, 1.807) is 6.92 Å². The average molecular weight is 634 g/mol. The molecule has 0 fully saturated rings. The number of nitrogens with one attached hydrogen (secondary N) is 1. The van der Waals surface area contributed by atoms with Crippen molar-refractivity contribution in [3.05, 3.63) is 83.1 Å². The number of halogens is 2. The highest BCUT2D eigenvalue weighted by molar-refractivity contribution is 7.92. The van der Waals surface area contributed by atoms with E-state index in [0.717, 1.165) is 4.31 Å². The molecule has 3 aromatic carbocycles. The smallest absolute Gasteiger partial charge is 0.264 e. The molecule has 0 radical (unpaired) electrons. The first kappa shape index (κ1) is 33.7. The van der Waals surface area contributed by atoms with Gasteiger partial charge in [0.05, 0.1) is 24.8 Å². The van der Waals surface area contributed by atoms with Crippen molar-refractivity contribution < 1.29 is 31.9 Å². The first-order valence-corrected chi connectivity index (χ1v) is 15.6. The molecule has 12 heteroatoms. The predicted molar refractivity (Wildman–Crippen MR) is 164 cm³/mol. The molecule has 0 aliphatic carbocycles. The normalized spacial score (nSPS) is 12.6. The molecule has 0 aromatic heterocycles. The summed E-state index contributed by atoms with van der Waals surface area (Å²) in [4.78, 5) is 28.7. The fraction of sp³-hybridized carbons (Fsp3) is 0.355. The fourth-order valence-corrected chi connectivity index (χ4v) is 5.94. The van der Waals surface area contributed by atoms with E-state index in [-0.39, 0.29) is 41.2 Å². The summed E-state index contributed by atoms with van der Waals surface area (Å²) < 4.78 is 53.4. The van der Waals surface area contributed by atoms with E-state index in [9.17, 15) is 22.4 Å². The van der Waals surface area contributed by atoms with Crippen LogP contribution in [0.5, 0.6) is 11.5 Å². The summed E-state index contributed by atoms with van der Waals surface area (Å²) in [6, 6.07) is 14.7. The molecule has 0 aliphatic heterocycles. The fourth-order valence-electron chi connectivity index (χ4n) is 4.39. The summed E-state index contributed by atoms with van der Waals surface area (Å²) in [5.74, 6) is -0.920. The van der Waals surface area contributed by atoms with Crippen LogP contribution in [0.25, 0.3) is 0 Å². The van der Waals surface area contributed by atoms with Crippen molar-refractivity contribution in [2.24, 2.45) is 0 Å². The monoisotopic (exact) mass is 633 g/mol. The van der Waals surface area contributed by atoms with Crippen molar-refractivity contribution in [1.29, 1.82) is 0 Å². The van der Waals surface area contributed by atoms with Crippen LogP contribution in [0, 0.1) is 5.82 Å². The average Bonchev–Trinajstić information content (AvgIpc) is 3.00. The number of anilines is 1. The molecule has 0 spiro atoms. The van der Waals surface area contributed by atoms with Gasteiger partial charge in [-0.3, -0.25) is 13.9 Å². The van der Waals surface area contributed by atoms with Gasteiger partial charge in [-0.2, -0.15) is 0 Å². The van der Waals surface area contributed by atoms with Gasteiger partial charge >= 0.3 is 0 Å². The summed E-state index contributed by atoms with van der Waals surface area (Å²) in [5.41, 5.74) is 0.761. The number of methoxy groups -OCH3 is 2. The van der Waals surface area contributed by atoms with Gasteiger partial charge in [0.1, 0.15) is 18.4 Å². The molecule has 2 atom stereocenters. The Kier molecular flexibility index (Phi) is 11.8. The summed E-state index contributed by atoms with van der Waals surface area (Å²) in [6.45, 7) is 4.87. The van der Waals surface area contributed by atoms with Crippen LogP contribution in [0.1, 0.15) is 39.2 Å². The SMILES string of the molecule is CC[C@H](C(=O)N[C@@H](C)CC)N(Cc1ccc(F)cc1)C(=O)CN(c1ccc(Cl)cc1)S(=O)(=O)c1ccc(OC)c(OC)c1. The topological polar surface area (TPSA) is 105 Å². The second kappa shape index (κ2) is 15.1. The van der Waals surface area contributed by atoms with Gasteiger partial charge in [0.2, 0.25) is 11.8 Å². The largest absolute Gasteiger partial charge is 0.493 e. The molecular weight excluding hydrogens is 597 g/mol. The number of rotatable bonds is 14. The number of amides is 2. The molecule has 0 aliphatic rings. The number of carbonyl (C=O) groups excluding carboxylic acids is 2. The number of sulfonamides is 1. The molecule has 0 saturated heterocycles. The highest BCUT2D eigenvalue weighted by atomic mass is 35.5. The quantitative estimate of drug-likeness (QED) is 0.254. The lowest BCUT2D eigenvalue weighted by Crippen LogP contribution is -2.53. The van der Waals surface area contributed by atoms with Gasteiger partial charge in [0.15, 0.2) is 11.5 Å². The third-order valence-corrected chi connectivity index (χ3v) is 9.01. The number of carbonyl (C=O) groups is 2. The van der Waals surface area contributed by atoms with Crippen LogP contribution in [0.15, 0.2) is 71.6 Å².